The molecular weight excluding hydrogens is 254 g/mol. The monoisotopic (exact) mass is 279 g/mol. The fourth-order valence-electron chi connectivity index (χ4n) is 1.66. The highest BCUT2D eigenvalue weighted by atomic mass is 16.5. The van der Waals surface area contributed by atoms with Crippen LogP contribution >= 0.6 is 0 Å². The van der Waals surface area contributed by atoms with E-state index in [1.807, 2.05) is 13.8 Å². The molecule has 1 aromatic heterocycles. The summed E-state index contributed by atoms with van der Waals surface area (Å²) in [6.07, 6.45) is 2.97. The maximum absolute atomic E-state index is 11.9. The maximum atomic E-state index is 11.9. The minimum absolute atomic E-state index is 0.0165. The molecule has 1 amide bonds. The second kappa shape index (κ2) is 8.53. The Morgan fingerprint density at radius 3 is 2.75 bits per heavy atom. The van der Waals surface area contributed by atoms with Crippen LogP contribution in [0.1, 0.15) is 40.5 Å². The molecule has 0 saturated heterocycles. The molecule has 0 aliphatic heterocycles. The van der Waals surface area contributed by atoms with Gasteiger partial charge in [0.05, 0.1) is 6.10 Å². The van der Waals surface area contributed by atoms with E-state index in [1.54, 1.807) is 18.3 Å². The first-order valence-corrected chi connectivity index (χ1v) is 7.14. The highest BCUT2D eigenvalue weighted by Crippen LogP contribution is 2.21. The van der Waals surface area contributed by atoms with Crippen molar-refractivity contribution in [3.63, 3.8) is 0 Å². The van der Waals surface area contributed by atoms with Gasteiger partial charge in [-0.25, -0.2) is 4.98 Å². The Bertz CT molecular complexity index is 419. The molecule has 1 aromatic rings. The fourth-order valence-corrected chi connectivity index (χ4v) is 1.66. The van der Waals surface area contributed by atoms with E-state index in [2.05, 4.69) is 29.5 Å². The standard InChI is InChI=1S/C15H25N3O2/c1-11(2)16-9-6-8-14(19)18-13-7-5-10-17-15(13)20-12(3)4/h5,7,10-12,16H,6,8-9H2,1-4H3,(H,18,19). The van der Waals surface area contributed by atoms with E-state index >= 15 is 0 Å². The summed E-state index contributed by atoms with van der Waals surface area (Å²) in [4.78, 5) is 16.0. The Balaban J connectivity index is 2.45. The number of rotatable bonds is 8. The zero-order valence-electron chi connectivity index (χ0n) is 12.8. The summed E-state index contributed by atoms with van der Waals surface area (Å²) in [5.41, 5.74) is 0.628. The Labute approximate surface area is 121 Å². The van der Waals surface area contributed by atoms with Gasteiger partial charge >= 0.3 is 0 Å². The fraction of sp³-hybridized carbons (Fsp3) is 0.600. The topological polar surface area (TPSA) is 63.2 Å². The lowest BCUT2D eigenvalue weighted by atomic mass is 10.2. The summed E-state index contributed by atoms with van der Waals surface area (Å²) in [5, 5.41) is 6.13. The number of nitrogens with one attached hydrogen (secondary N) is 2. The summed E-state index contributed by atoms with van der Waals surface area (Å²) in [7, 11) is 0. The van der Waals surface area contributed by atoms with Crippen LogP contribution < -0.4 is 15.4 Å². The smallest absolute Gasteiger partial charge is 0.238 e. The van der Waals surface area contributed by atoms with Crippen molar-refractivity contribution in [3.05, 3.63) is 18.3 Å². The number of carbonyl (C=O) groups excluding carboxylic acids is 1. The van der Waals surface area contributed by atoms with Gasteiger partial charge in [-0.2, -0.15) is 0 Å². The summed E-state index contributed by atoms with van der Waals surface area (Å²) in [6, 6.07) is 4.03. The molecule has 0 aliphatic rings. The minimum atomic E-state index is -0.0165. The number of anilines is 1. The van der Waals surface area contributed by atoms with Gasteiger partial charge in [-0.1, -0.05) is 13.8 Å². The average Bonchev–Trinajstić information content (AvgIpc) is 2.36. The third kappa shape index (κ3) is 6.52. The predicted molar refractivity (Wildman–Crippen MR) is 81.0 cm³/mol. The largest absolute Gasteiger partial charge is 0.473 e. The van der Waals surface area contributed by atoms with E-state index in [9.17, 15) is 4.79 Å². The molecule has 20 heavy (non-hydrogen) atoms. The number of nitrogens with zero attached hydrogens (tertiary/aromatic N) is 1. The van der Waals surface area contributed by atoms with Crippen LogP contribution in [0.2, 0.25) is 0 Å². The van der Waals surface area contributed by atoms with Gasteiger partial charge in [0.15, 0.2) is 0 Å². The van der Waals surface area contributed by atoms with Gasteiger partial charge in [-0.05, 0) is 38.9 Å². The number of hydrogen-bond acceptors (Lipinski definition) is 4. The second-order valence-electron chi connectivity index (χ2n) is 5.28. The molecule has 2 N–H and O–H groups in total. The van der Waals surface area contributed by atoms with Crippen molar-refractivity contribution < 1.29 is 9.53 Å². The summed E-state index contributed by atoms with van der Waals surface area (Å²) in [5.74, 6) is 0.452. The van der Waals surface area contributed by atoms with Gasteiger partial charge < -0.3 is 15.4 Å². The third-order valence-corrected chi connectivity index (χ3v) is 2.53. The number of pyridine rings is 1. The summed E-state index contributed by atoms with van der Waals surface area (Å²) >= 11 is 0. The Morgan fingerprint density at radius 1 is 1.35 bits per heavy atom. The zero-order valence-corrected chi connectivity index (χ0v) is 12.8. The summed E-state index contributed by atoms with van der Waals surface area (Å²) in [6.45, 7) is 8.87. The number of ether oxygens (including phenoxy) is 1. The van der Waals surface area contributed by atoms with E-state index < -0.39 is 0 Å². The lowest BCUT2D eigenvalue weighted by Gasteiger charge is -2.13. The molecule has 0 bridgehead atoms. The van der Waals surface area contributed by atoms with Crippen LogP contribution in [0.25, 0.3) is 0 Å². The molecule has 0 radical (unpaired) electrons. The van der Waals surface area contributed by atoms with Crippen molar-refractivity contribution in [2.24, 2.45) is 0 Å². The number of hydrogen-bond donors (Lipinski definition) is 2. The van der Waals surface area contributed by atoms with Crippen molar-refractivity contribution >= 4 is 11.6 Å². The number of amides is 1. The van der Waals surface area contributed by atoms with Crippen LogP contribution in [0.4, 0.5) is 5.69 Å². The van der Waals surface area contributed by atoms with Crippen LogP contribution in [0, 0.1) is 0 Å². The van der Waals surface area contributed by atoms with E-state index in [0.29, 0.717) is 24.0 Å². The Hall–Kier alpha value is -1.62. The first-order chi connectivity index (χ1) is 9.49. The van der Waals surface area contributed by atoms with Crippen molar-refractivity contribution in [2.45, 2.75) is 52.7 Å². The van der Waals surface area contributed by atoms with E-state index in [0.717, 1.165) is 13.0 Å². The average molecular weight is 279 g/mol. The first-order valence-electron chi connectivity index (χ1n) is 7.14. The van der Waals surface area contributed by atoms with Crippen LogP contribution in [0.3, 0.4) is 0 Å². The lowest BCUT2D eigenvalue weighted by molar-refractivity contribution is -0.116. The number of carbonyl (C=O) groups is 1. The minimum Gasteiger partial charge on any atom is -0.473 e. The second-order valence-corrected chi connectivity index (χ2v) is 5.28. The summed E-state index contributed by atoms with van der Waals surface area (Å²) < 4.78 is 5.57. The molecule has 0 aliphatic carbocycles. The molecule has 1 rings (SSSR count). The molecule has 5 heteroatoms. The molecule has 0 aromatic carbocycles. The van der Waals surface area contributed by atoms with Crippen molar-refractivity contribution in [1.29, 1.82) is 0 Å². The zero-order chi connectivity index (χ0) is 15.0. The van der Waals surface area contributed by atoms with Crippen LogP contribution in [-0.2, 0) is 4.79 Å². The molecule has 0 unspecified atom stereocenters. The van der Waals surface area contributed by atoms with Crippen molar-refractivity contribution in [2.75, 3.05) is 11.9 Å². The molecule has 0 atom stereocenters. The SMILES string of the molecule is CC(C)NCCCC(=O)Nc1cccnc1OC(C)C. The van der Waals surface area contributed by atoms with Crippen LogP contribution in [0.15, 0.2) is 18.3 Å². The lowest BCUT2D eigenvalue weighted by Crippen LogP contribution is -2.24. The van der Waals surface area contributed by atoms with Crippen molar-refractivity contribution in [3.8, 4) is 5.88 Å². The van der Waals surface area contributed by atoms with Gasteiger partial charge in [-0.15, -0.1) is 0 Å². The van der Waals surface area contributed by atoms with Crippen LogP contribution in [0.5, 0.6) is 5.88 Å². The first kappa shape index (κ1) is 16.4. The molecule has 1 heterocycles. The molecule has 0 spiro atoms. The number of aromatic nitrogens is 1. The Morgan fingerprint density at radius 2 is 2.10 bits per heavy atom. The van der Waals surface area contributed by atoms with Gasteiger partial charge in [-0.3, -0.25) is 4.79 Å². The molecule has 0 fully saturated rings. The predicted octanol–water partition coefficient (Wildman–Crippen LogP) is 2.59. The van der Waals surface area contributed by atoms with Crippen LogP contribution in [-0.4, -0.2) is 29.6 Å². The van der Waals surface area contributed by atoms with Gasteiger partial charge in [0.1, 0.15) is 5.69 Å². The van der Waals surface area contributed by atoms with Gasteiger partial charge in [0.25, 0.3) is 0 Å². The highest BCUT2D eigenvalue weighted by molar-refractivity contribution is 5.91. The third-order valence-electron chi connectivity index (χ3n) is 2.53. The molecule has 0 saturated carbocycles. The van der Waals surface area contributed by atoms with Crippen molar-refractivity contribution in [1.82, 2.24) is 10.3 Å². The normalized spacial score (nSPS) is 10.9. The van der Waals surface area contributed by atoms with Gasteiger partial charge in [0.2, 0.25) is 11.8 Å². The molecule has 5 nitrogen and oxygen atoms in total. The van der Waals surface area contributed by atoms with Gasteiger partial charge in [0, 0.05) is 18.7 Å². The maximum Gasteiger partial charge on any atom is 0.238 e. The highest BCUT2D eigenvalue weighted by Gasteiger charge is 2.09. The van der Waals surface area contributed by atoms with E-state index in [1.165, 1.54) is 0 Å². The Kier molecular flexibility index (Phi) is 7.01. The van der Waals surface area contributed by atoms with E-state index in [-0.39, 0.29) is 12.0 Å². The quantitative estimate of drug-likeness (QED) is 0.718. The molecular formula is C15H25N3O2. The van der Waals surface area contributed by atoms with E-state index in [4.69, 9.17) is 4.74 Å². The molecule has 112 valence electrons.